The zero-order chi connectivity index (χ0) is 24.8. The molecular formula is C26H32N4O5. The van der Waals surface area contributed by atoms with E-state index in [1.165, 1.54) is 0 Å². The van der Waals surface area contributed by atoms with Crippen LogP contribution in [-0.2, 0) is 9.53 Å². The fourth-order valence-corrected chi connectivity index (χ4v) is 4.42. The lowest BCUT2D eigenvalue weighted by molar-refractivity contribution is -0.139. The number of ether oxygens (including phenoxy) is 3. The number of esters is 1. The molecule has 2 N–H and O–H groups in total. The highest BCUT2D eigenvalue weighted by molar-refractivity contribution is 5.95. The molecule has 2 amide bonds. The summed E-state index contributed by atoms with van der Waals surface area (Å²) in [5.41, 5.74) is 2.93. The highest BCUT2D eigenvalue weighted by Crippen LogP contribution is 2.30. The summed E-state index contributed by atoms with van der Waals surface area (Å²) < 4.78 is 15.9. The van der Waals surface area contributed by atoms with E-state index in [0.29, 0.717) is 23.6 Å². The number of benzene rings is 2. The van der Waals surface area contributed by atoms with E-state index < -0.39 is 12.0 Å². The summed E-state index contributed by atoms with van der Waals surface area (Å²) in [6.45, 7) is 5.73. The molecular weight excluding hydrogens is 448 g/mol. The molecule has 1 atom stereocenters. The molecule has 35 heavy (non-hydrogen) atoms. The number of hydrogen-bond acceptors (Lipinski definition) is 7. The first-order chi connectivity index (χ1) is 17.0. The number of methoxy groups -OCH3 is 2. The van der Waals surface area contributed by atoms with Crippen molar-refractivity contribution in [2.75, 3.05) is 58.5 Å². The quantitative estimate of drug-likeness (QED) is 0.562. The van der Waals surface area contributed by atoms with Crippen molar-refractivity contribution in [3.63, 3.8) is 0 Å². The number of carbonyl (C=O) groups excluding carboxylic acids is 2. The molecule has 0 saturated carbocycles. The van der Waals surface area contributed by atoms with Crippen LogP contribution in [0.1, 0.15) is 18.5 Å². The number of nitrogens with zero attached hydrogens (tertiary/aromatic N) is 2. The highest BCUT2D eigenvalue weighted by Gasteiger charge is 2.34. The Labute approximate surface area is 205 Å². The number of carbonyl (C=O) groups is 2. The van der Waals surface area contributed by atoms with Crippen LogP contribution in [-0.4, -0.2) is 70.5 Å². The first-order valence-corrected chi connectivity index (χ1v) is 11.7. The van der Waals surface area contributed by atoms with Crippen molar-refractivity contribution in [2.24, 2.45) is 0 Å². The molecule has 0 spiro atoms. The molecule has 9 heteroatoms. The van der Waals surface area contributed by atoms with Crippen molar-refractivity contribution in [3.8, 4) is 11.5 Å². The molecule has 2 aliphatic heterocycles. The van der Waals surface area contributed by atoms with E-state index in [0.717, 1.165) is 43.2 Å². The summed E-state index contributed by atoms with van der Waals surface area (Å²) in [5, 5.41) is 5.74. The van der Waals surface area contributed by atoms with Gasteiger partial charge in [-0.2, -0.15) is 0 Å². The van der Waals surface area contributed by atoms with E-state index in [1.54, 1.807) is 21.1 Å². The van der Waals surface area contributed by atoms with Crippen molar-refractivity contribution in [1.29, 1.82) is 0 Å². The lowest BCUT2D eigenvalue weighted by Crippen LogP contribution is -2.51. The Balaban J connectivity index is 1.52. The zero-order valence-corrected chi connectivity index (χ0v) is 20.4. The van der Waals surface area contributed by atoms with Gasteiger partial charge in [0.25, 0.3) is 0 Å². The standard InChI is InChI=1S/C26H32N4O5/c1-4-35-25(31)23-22(27-26(32)28-24(23)18-5-9-20(33-2)10-6-18)17-29-13-15-30(16-14-29)19-7-11-21(34-3)12-8-19/h5-12,24H,4,13-17H2,1-3H3,(H2,27,28,32)/t24-/m1/s1. The molecule has 2 aromatic carbocycles. The predicted molar refractivity (Wildman–Crippen MR) is 133 cm³/mol. The summed E-state index contributed by atoms with van der Waals surface area (Å²) in [7, 11) is 3.25. The van der Waals surface area contributed by atoms with Gasteiger partial charge in [-0.1, -0.05) is 12.1 Å². The van der Waals surface area contributed by atoms with Gasteiger partial charge in [0.15, 0.2) is 0 Å². The minimum Gasteiger partial charge on any atom is -0.497 e. The largest absolute Gasteiger partial charge is 0.497 e. The second-order valence-electron chi connectivity index (χ2n) is 8.38. The first-order valence-electron chi connectivity index (χ1n) is 11.7. The Kier molecular flexibility index (Phi) is 7.77. The Hall–Kier alpha value is -3.72. The summed E-state index contributed by atoms with van der Waals surface area (Å²) in [6, 6.07) is 14.4. The number of piperazine rings is 1. The van der Waals surface area contributed by atoms with E-state index >= 15 is 0 Å². The first kappa shape index (κ1) is 24.4. The van der Waals surface area contributed by atoms with E-state index in [2.05, 4.69) is 32.6 Å². The third-order valence-electron chi connectivity index (χ3n) is 6.29. The monoisotopic (exact) mass is 480 g/mol. The van der Waals surface area contributed by atoms with Crippen LogP contribution < -0.4 is 25.0 Å². The van der Waals surface area contributed by atoms with Crippen LogP contribution in [0.3, 0.4) is 0 Å². The fraction of sp³-hybridized carbons (Fsp3) is 0.385. The molecule has 4 rings (SSSR count). The van der Waals surface area contributed by atoms with Crippen LogP contribution in [0.5, 0.6) is 11.5 Å². The molecule has 0 aromatic heterocycles. The third kappa shape index (κ3) is 5.68. The maximum Gasteiger partial charge on any atom is 0.338 e. The average Bonchev–Trinajstić information content (AvgIpc) is 2.89. The summed E-state index contributed by atoms with van der Waals surface area (Å²) in [6.07, 6.45) is 0. The van der Waals surface area contributed by atoms with Gasteiger partial charge in [-0.05, 0) is 48.9 Å². The zero-order valence-electron chi connectivity index (χ0n) is 20.4. The second kappa shape index (κ2) is 11.1. The molecule has 0 unspecified atom stereocenters. The number of amides is 2. The van der Waals surface area contributed by atoms with Crippen molar-refractivity contribution in [3.05, 3.63) is 65.4 Å². The van der Waals surface area contributed by atoms with E-state index in [-0.39, 0.29) is 12.6 Å². The minimum atomic E-state index is -0.607. The van der Waals surface area contributed by atoms with Crippen LogP contribution in [0.4, 0.5) is 10.5 Å². The van der Waals surface area contributed by atoms with Crippen molar-refractivity contribution in [2.45, 2.75) is 13.0 Å². The number of anilines is 1. The normalized spacial score (nSPS) is 18.5. The van der Waals surface area contributed by atoms with E-state index in [4.69, 9.17) is 14.2 Å². The number of hydrogen-bond donors (Lipinski definition) is 2. The Morgan fingerprint density at radius 2 is 1.54 bits per heavy atom. The van der Waals surface area contributed by atoms with Crippen molar-refractivity contribution >= 4 is 17.7 Å². The second-order valence-corrected chi connectivity index (χ2v) is 8.38. The van der Waals surface area contributed by atoms with Crippen molar-refractivity contribution < 1.29 is 23.8 Å². The van der Waals surface area contributed by atoms with Crippen LogP contribution >= 0.6 is 0 Å². The molecule has 2 aromatic rings. The molecule has 2 aliphatic rings. The fourth-order valence-electron chi connectivity index (χ4n) is 4.42. The van der Waals surface area contributed by atoms with Crippen LogP contribution in [0.2, 0.25) is 0 Å². The van der Waals surface area contributed by atoms with Gasteiger partial charge in [0.2, 0.25) is 0 Å². The predicted octanol–water partition coefficient (Wildman–Crippen LogP) is 2.70. The molecule has 0 radical (unpaired) electrons. The molecule has 1 saturated heterocycles. The van der Waals surface area contributed by atoms with Crippen LogP contribution in [0, 0.1) is 0 Å². The van der Waals surface area contributed by atoms with Gasteiger partial charge in [-0.3, -0.25) is 4.90 Å². The highest BCUT2D eigenvalue weighted by atomic mass is 16.5. The average molecular weight is 481 g/mol. The number of rotatable bonds is 8. The summed E-state index contributed by atoms with van der Waals surface area (Å²) >= 11 is 0. The third-order valence-corrected chi connectivity index (χ3v) is 6.29. The van der Waals surface area contributed by atoms with Crippen LogP contribution in [0.15, 0.2) is 59.8 Å². The summed E-state index contributed by atoms with van der Waals surface area (Å²) in [5.74, 6) is 1.09. The maximum absolute atomic E-state index is 13.0. The van der Waals surface area contributed by atoms with E-state index in [9.17, 15) is 9.59 Å². The van der Waals surface area contributed by atoms with E-state index in [1.807, 2.05) is 36.4 Å². The molecule has 2 heterocycles. The van der Waals surface area contributed by atoms with Gasteiger partial charge < -0.3 is 29.7 Å². The Bertz CT molecular complexity index is 1060. The van der Waals surface area contributed by atoms with Gasteiger partial charge in [0.05, 0.1) is 32.4 Å². The Morgan fingerprint density at radius 1 is 0.943 bits per heavy atom. The molecule has 0 bridgehead atoms. The van der Waals surface area contributed by atoms with Crippen LogP contribution in [0.25, 0.3) is 0 Å². The lowest BCUT2D eigenvalue weighted by atomic mass is 9.94. The summed E-state index contributed by atoms with van der Waals surface area (Å²) in [4.78, 5) is 30.1. The molecule has 9 nitrogen and oxygen atoms in total. The maximum atomic E-state index is 13.0. The topological polar surface area (TPSA) is 92.4 Å². The van der Waals surface area contributed by atoms with Gasteiger partial charge in [-0.15, -0.1) is 0 Å². The van der Waals surface area contributed by atoms with Crippen molar-refractivity contribution in [1.82, 2.24) is 15.5 Å². The molecule has 186 valence electrons. The molecule has 0 aliphatic carbocycles. The van der Waals surface area contributed by atoms with Gasteiger partial charge in [0.1, 0.15) is 11.5 Å². The number of urea groups is 1. The van der Waals surface area contributed by atoms with Gasteiger partial charge in [-0.25, -0.2) is 9.59 Å². The smallest absolute Gasteiger partial charge is 0.338 e. The SMILES string of the molecule is CCOC(=O)C1=C(CN2CCN(c3ccc(OC)cc3)CC2)NC(=O)N[C@@H]1c1ccc(OC)cc1. The molecule has 1 fully saturated rings. The van der Waals surface area contributed by atoms with Gasteiger partial charge >= 0.3 is 12.0 Å². The van der Waals surface area contributed by atoms with Gasteiger partial charge in [0, 0.05) is 44.1 Å². The Morgan fingerprint density at radius 3 is 2.11 bits per heavy atom. The number of nitrogens with one attached hydrogen (secondary N) is 2. The lowest BCUT2D eigenvalue weighted by Gasteiger charge is -2.38. The minimum absolute atomic E-state index is 0.249.